The molecule has 0 spiro atoms. The Morgan fingerprint density at radius 1 is 1.55 bits per heavy atom. The molecule has 112 valence electrons. The Hall–Kier alpha value is -0.960. The first-order chi connectivity index (χ1) is 9.54. The van der Waals surface area contributed by atoms with E-state index >= 15 is 0 Å². The lowest BCUT2D eigenvalue weighted by atomic mass is 10.2. The molecule has 0 aliphatic carbocycles. The molecular formula is C12H18N2O4S2. The van der Waals surface area contributed by atoms with Gasteiger partial charge >= 0.3 is 0 Å². The minimum Gasteiger partial charge on any atom is -0.379 e. The summed E-state index contributed by atoms with van der Waals surface area (Å²) in [5, 5.41) is 4.60. The van der Waals surface area contributed by atoms with Crippen LogP contribution in [0.4, 0.5) is 0 Å². The van der Waals surface area contributed by atoms with Crippen LogP contribution in [0, 0.1) is 0 Å². The summed E-state index contributed by atoms with van der Waals surface area (Å²) in [6.07, 6.45) is 0.665. The van der Waals surface area contributed by atoms with E-state index < -0.39 is 10.0 Å². The third kappa shape index (κ3) is 3.57. The van der Waals surface area contributed by atoms with Gasteiger partial charge in [-0.15, -0.1) is 11.3 Å². The van der Waals surface area contributed by atoms with E-state index in [0.29, 0.717) is 38.2 Å². The number of ether oxygens (including phenoxy) is 1. The number of carbonyl (C=O) groups is 1. The topological polar surface area (TPSA) is 75.7 Å². The third-order valence-electron chi connectivity index (χ3n) is 3.12. The minimum atomic E-state index is -3.09. The summed E-state index contributed by atoms with van der Waals surface area (Å²) < 4.78 is 29.7. The van der Waals surface area contributed by atoms with Gasteiger partial charge in [-0.3, -0.25) is 4.79 Å². The zero-order chi connectivity index (χ0) is 14.6. The average molecular weight is 318 g/mol. The summed E-state index contributed by atoms with van der Waals surface area (Å²) >= 11 is 1.47. The monoisotopic (exact) mass is 318 g/mol. The Kier molecular flexibility index (Phi) is 5.14. The number of sulfonamides is 1. The van der Waals surface area contributed by atoms with Gasteiger partial charge in [0.25, 0.3) is 5.91 Å². The zero-order valence-electron chi connectivity index (χ0n) is 11.3. The second kappa shape index (κ2) is 6.66. The molecule has 0 bridgehead atoms. The van der Waals surface area contributed by atoms with E-state index in [0.717, 1.165) is 4.88 Å². The number of hydrogen-bond acceptors (Lipinski definition) is 5. The first kappa shape index (κ1) is 15.4. The summed E-state index contributed by atoms with van der Waals surface area (Å²) in [5.74, 6) is 0.0265. The van der Waals surface area contributed by atoms with Crippen LogP contribution in [0.3, 0.4) is 0 Å². The molecule has 1 aliphatic heterocycles. The van der Waals surface area contributed by atoms with E-state index in [1.54, 1.807) is 13.2 Å². The highest BCUT2D eigenvalue weighted by atomic mass is 32.2. The van der Waals surface area contributed by atoms with Crippen molar-refractivity contribution in [3.63, 3.8) is 0 Å². The van der Waals surface area contributed by atoms with Crippen LogP contribution in [0.1, 0.15) is 21.7 Å². The van der Waals surface area contributed by atoms with Crippen molar-refractivity contribution >= 4 is 27.3 Å². The number of thiophene rings is 1. The third-order valence-corrected chi connectivity index (χ3v) is 5.97. The molecular weight excluding hydrogens is 300 g/mol. The van der Waals surface area contributed by atoms with Crippen LogP contribution in [-0.4, -0.2) is 51.1 Å². The van der Waals surface area contributed by atoms with Crippen molar-refractivity contribution in [2.75, 3.05) is 32.5 Å². The number of rotatable bonds is 6. The van der Waals surface area contributed by atoms with Gasteiger partial charge in [-0.1, -0.05) is 0 Å². The Bertz CT molecular complexity index is 568. The first-order valence-corrected chi connectivity index (χ1v) is 8.85. The lowest BCUT2D eigenvalue weighted by Crippen LogP contribution is -2.36. The van der Waals surface area contributed by atoms with Crippen LogP contribution < -0.4 is 5.32 Å². The molecule has 2 rings (SSSR count). The molecule has 0 aromatic carbocycles. The number of methoxy groups -OCH3 is 1. The van der Waals surface area contributed by atoms with Crippen molar-refractivity contribution in [1.82, 2.24) is 9.62 Å². The summed E-state index contributed by atoms with van der Waals surface area (Å²) in [4.78, 5) is 12.9. The van der Waals surface area contributed by atoms with Crippen LogP contribution >= 0.6 is 11.3 Å². The molecule has 0 unspecified atom stereocenters. The quantitative estimate of drug-likeness (QED) is 0.836. The van der Waals surface area contributed by atoms with Crippen molar-refractivity contribution < 1.29 is 17.9 Å². The highest BCUT2D eigenvalue weighted by Gasteiger charge is 2.27. The Morgan fingerprint density at radius 2 is 2.35 bits per heavy atom. The number of carbonyl (C=O) groups excluding carboxylic acids is 1. The van der Waals surface area contributed by atoms with E-state index in [-0.39, 0.29) is 11.7 Å². The van der Waals surface area contributed by atoms with Crippen molar-refractivity contribution in [2.24, 2.45) is 0 Å². The molecule has 1 amide bonds. The fourth-order valence-electron chi connectivity index (χ4n) is 2.12. The summed E-state index contributed by atoms with van der Waals surface area (Å²) in [6, 6.07) is 1.75. The van der Waals surface area contributed by atoms with E-state index in [2.05, 4.69) is 5.32 Å². The number of nitrogens with one attached hydrogen (secondary N) is 1. The molecule has 0 atom stereocenters. The van der Waals surface area contributed by atoms with Gasteiger partial charge in [0, 0.05) is 31.6 Å². The maximum atomic E-state index is 12.0. The molecule has 1 N–H and O–H groups in total. The van der Waals surface area contributed by atoms with Crippen molar-refractivity contribution in [3.8, 4) is 0 Å². The molecule has 6 nitrogen and oxygen atoms in total. The molecule has 1 aliphatic rings. The summed E-state index contributed by atoms with van der Waals surface area (Å²) in [7, 11) is -1.51. The fourth-order valence-corrected chi connectivity index (χ4v) is 4.49. The van der Waals surface area contributed by atoms with E-state index in [1.165, 1.54) is 15.6 Å². The molecule has 1 saturated heterocycles. The zero-order valence-corrected chi connectivity index (χ0v) is 12.9. The van der Waals surface area contributed by atoms with Crippen molar-refractivity contribution in [2.45, 2.75) is 13.0 Å². The predicted molar refractivity (Wildman–Crippen MR) is 77.3 cm³/mol. The standard InChI is InChI=1S/C12H18N2O4S2/c1-18-9-11-10(3-7-19-11)12(15)13-4-6-14-5-2-8-20(14,16)17/h3,7H,2,4-6,8-9H2,1H3,(H,13,15). The van der Waals surface area contributed by atoms with Crippen LogP contribution in [0.15, 0.2) is 11.4 Å². The van der Waals surface area contributed by atoms with Gasteiger partial charge in [-0.25, -0.2) is 12.7 Å². The molecule has 0 radical (unpaired) electrons. The molecule has 0 saturated carbocycles. The molecule has 1 aromatic rings. The maximum absolute atomic E-state index is 12.0. The number of hydrogen-bond donors (Lipinski definition) is 1. The molecule has 8 heteroatoms. The second-order valence-corrected chi connectivity index (χ2v) is 7.60. The van der Waals surface area contributed by atoms with Gasteiger partial charge in [0.05, 0.1) is 17.9 Å². The van der Waals surface area contributed by atoms with Gasteiger partial charge in [-0.2, -0.15) is 0 Å². The Labute approximate surface area is 122 Å². The fraction of sp³-hybridized carbons (Fsp3) is 0.583. The summed E-state index contributed by atoms with van der Waals surface area (Å²) in [6.45, 7) is 1.60. The van der Waals surface area contributed by atoms with Gasteiger partial charge < -0.3 is 10.1 Å². The highest BCUT2D eigenvalue weighted by Crippen LogP contribution is 2.17. The highest BCUT2D eigenvalue weighted by molar-refractivity contribution is 7.89. The van der Waals surface area contributed by atoms with Gasteiger partial charge in [0.15, 0.2) is 0 Å². The maximum Gasteiger partial charge on any atom is 0.252 e. The molecule has 20 heavy (non-hydrogen) atoms. The SMILES string of the molecule is COCc1sccc1C(=O)NCCN1CCCS1(=O)=O. The van der Waals surface area contributed by atoms with E-state index in [9.17, 15) is 13.2 Å². The number of nitrogens with zero attached hydrogens (tertiary/aromatic N) is 1. The number of amides is 1. The van der Waals surface area contributed by atoms with E-state index in [1.807, 2.05) is 5.38 Å². The largest absolute Gasteiger partial charge is 0.379 e. The lowest BCUT2D eigenvalue weighted by Gasteiger charge is -2.14. The predicted octanol–water partition coefficient (Wildman–Crippen LogP) is 0.660. The minimum absolute atomic E-state index is 0.185. The Morgan fingerprint density at radius 3 is 3.00 bits per heavy atom. The van der Waals surface area contributed by atoms with Crippen LogP contribution in [-0.2, 0) is 21.4 Å². The average Bonchev–Trinajstić information content (AvgIpc) is 2.97. The lowest BCUT2D eigenvalue weighted by molar-refractivity contribution is 0.0948. The summed E-state index contributed by atoms with van der Waals surface area (Å²) in [5.41, 5.74) is 0.598. The normalized spacial score (nSPS) is 18.2. The molecule has 1 aromatic heterocycles. The second-order valence-electron chi connectivity index (χ2n) is 4.51. The van der Waals surface area contributed by atoms with Gasteiger partial charge in [-0.05, 0) is 17.9 Å². The smallest absolute Gasteiger partial charge is 0.252 e. The first-order valence-electron chi connectivity index (χ1n) is 6.36. The Balaban J connectivity index is 1.85. The van der Waals surface area contributed by atoms with Crippen molar-refractivity contribution in [1.29, 1.82) is 0 Å². The van der Waals surface area contributed by atoms with Crippen LogP contribution in [0.2, 0.25) is 0 Å². The van der Waals surface area contributed by atoms with Crippen LogP contribution in [0.25, 0.3) is 0 Å². The van der Waals surface area contributed by atoms with Crippen molar-refractivity contribution in [3.05, 3.63) is 21.9 Å². The van der Waals surface area contributed by atoms with E-state index in [4.69, 9.17) is 4.74 Å². The molecule has 1 fully saturated rings. The molecule has 2 heterocycles. The van der Waals surface area contributed by atoms with Gasteiger partial charge in [0.1, 0.15) is 0 Å². The van der Waals surface area contributed by atoms with Crippen LogP contribution in [0.5, 0.6) is 0 Å². The van der Waals surface area contributed by atoms with Gasteiger partial charge in [0.2, 0.25) is 10.0 Å².